The maximum atomic E-state index is 11.1. The number of hydrogen-bond donors (Lipinski definition) is 2. The quantitative estimate of drug-likeness (QED) is 0.703. The Morgan fingerprint density at radius 3 is 2.64 bits per heavy atom. The fourth-order valence-electron chi connectivity index (χ4n) is 1.08. The van der Waals surface area contributed by atoms with Gasteiger partial charge in [0.1, 0.15) is 6.54 Å². The van der Waals surface area contributed by atoms with Gasteiger partial charge in [-0.2, -0.15) is 0 Å². The molecule has 0 bridgehead atoms. The van der Waals surface area contributed by atoms with Crippen LogP contribution in [0.2, 0.25) is 0 Å². The number of hydrogen-bond acceptors (Lipinski definition) is 3. The Kier molecular flexibility index (Phi) is 3.94. The summed E-state index contributed by atoms with van der Waals surface area (Å²) in [7, 11) is 0. The third-order valence-electron chi connectivity index (χ3n) is 1.72. The van der Waals surface area contributed by atoms with Gasteiger partial charge in [0.15, 0.2) is 0 Å². The van der Waals surface area contributed by atoms with E-state index in [1.54, 1.807) is 24.3 Å². The Bertz CT molecular complexity index is 287. The molecule has 0 aliphatic rings. The van der Waals surface area contributed by atoms with Crippen molar-refractivity contribution in [3.8, 4) is 0 Å². The van der Waals surface area contributed by atoms with Crippen LogP contribution in [0.4, 0.5) is 5.69 Å². The lowest BCUT2D eigenvalue weighted by Crippen LogP contribution is -2.35. The molecule has 0 aliphatic heterocycles. The molecule has 76 valence electrons. The Morgan fingerprint density at radius 2 is 2.07 bits per heavy atom. The van der Waals surface area contributed by atoms with Gasteiger partial charge in [-0.3, -0.25) is 10.0 Å². The van der Waals surface area contributed by atoms with Crippen molar-refractivity contribution >= 4 is 11.6 Å². The highest BCUT2D eigenvalue weighted by Gasteiger charge is 2.06. The number of nitrogens with one attached hydrogen (secondary N) is 1. The van der Waals surface area contributed by atoms with Crippen molar-refractivity contribution in [2.24, 2.45) is 0 Å². The Labute approximate surface area is 83.1 Å². The second-order valence-electron chi connectivity index (χ2n) is 2.85. The number of nitrogens with zero attached hydrogens (tertiary/aromatic N) is 1. The van der Waals surface area contributed by atoms with Crippen LogP contribution in [-0.2, 0) is 4.79 Å². The Morgan fingerprint density at radius 1 is 1.43 bits per heavy atom. The molecular weight excluding hydrogens is 180 g/mol. The lowest BCUT2D eigenvalue weighted by Gasteiger charge is -2.15. The number of rotatable bonds is 4. The second kappa shape index (κ2) is 5.24. The van der Waals surface area contributed by atoms with Crippen LogP contribution in [0.1, 0.15) is 6.92 Å². The van der Waals surface area contributed by atoms with Gasteiger partial charge in [-0.1, -0.05) is 18.2 Å². The summed E-state index contributed by atoms with van der Waals surface area (Å²) in [6.07, 6.45) is 0. The van der Waals surface area contributed by atoms with Gasteiger partial charge in [0.05, 0.1) is 5.69 Å². The number of para-hydroxylation sites is 1. The number of anilines is 1. The molecule has 0 heterocycles. The maximum absolute atomic E-state index is 11.1. The van der Waals surface area contributed by atoms with Crippen molar-refractivity contribution in [3.63, 3.8) is 0 Å². The highest BCUT2D eigenvalue weighted by molar-refractivity contribution is 5.80. The predicted molar refractivity (Wildman–Crippen MR) is 54.3 cm³/mol. The van der Waals surface area contributed by atoms with Crippen molar-refractivity contribution in [1.29, 1.82) is 0 Å². The topological polar surface area (TPSA) is 52.6 Å². The molecule has 1 aromatic rings. The number of carbonyl (C=O) groups is 1. The van der Waals surface area contributed by atoms with E-state index >= 15 is 0 Å². The lowest BCUT2D eigenvalue weighted by atomic mass is 10.3. The number of benzene rings is 1. The average molecular weight is 194 g/mol. The number of likely N-dealkylation sites (N-methyl/N-ethyl adjacent to an activating group) is 1. The third kappa shape index (κ3) is 3.06. The largest absolute Gasteiger partial charge is 0.355 e. The van der Waals surface area contributed by atoms with E-state index in [4.69, 9.17) is 0 Å². The molecule has 4 nitrogen and oxygen atoms in total. The summed E-state index contributed by atoms with van der Waals surface area (Å²) in [5.41, 5.74) is 0.610. The molecule has 0 fully saturated rings. The van der Waals surface area contributed by atoms with E-state index in [0.717, 1.165) is 5.06 Å². The van der Waals surface area contributed by atoms with E-state index in [1.165, 1.54) is 0 Å². The highest BCUT2D eigenvalue weighted by atomic mass is 16.5. The molecule has 1 aromatic carbocycles. The molecule has 0 aromatic heterocycles. The summed E-state index contributed by atoms with van der Waals surface area (Å²) in [4.78, 5) is 11.1. The molecule has 0 unspecified atom stereocenters. The van der Waals surface area contributed by atoms with Gasteiger partial charge in [-0.05, 0) is 19.1 Å². The van der Waals surface area contributed by atoms with Crippen LogP contribution in [0, 0.1) is 0 Å². The van der Waals surface area contributed by atoms with Crippen LogP contribution in [0.25, 0.3) is 0 Å². The van der Waals surface area contributed by atoms with Crippen LogP contribution >= 0.6 is 0 Å². The third-order valence-corrected chi connectivity index (χ3v) is 1.72. The zero-order valence-electron chi connectivity index (χ0n) is 8.10. The minimum Gasteiger partial charge on any atom is -0.355 e. The van der Waals surface area contributed by atoms with Gasteiger partial charge < -0.3 is 5.32 Å². The highest BCUT2D eigenvalue weighted by Crippen LogP contribution is 2.09. The summed E-state index contributed by atoms with van der Waals surface area (Å²) in [5.74, 6) is -0.196. The average Bonchev–Trinajstić information content (AvgIpc) is 2.19. The van der Waals surface area contributed by atoms with Crippen LogP contribution in [0.3, 0.4) is 0 Å². The molecule has 14 heavy (non-hydrogen) atoms. The van der Waals surface area contributed by atoms with Crippen LogP contribution in [-0.4, -0.2) is 24.2 Å². The monoisotopic (exact) mass is 194 g/mol. The van der Waals surface area contributed by atoms with E-state index in [2.05, 4.69) is 5.32 Å². The van der Waals surface area contributed by atoms with Crippen molar-refractivity contribution < 1.29 is 10.0 Å². The first-order valence-electron chi connectivity index (χ1n) is 4.52. The number of amides is 1. The van der Waals surface area contributed by atoms with E-state index in [0.29, 0.717) is 12.2 Å². The molecule has 1 amide bonds. The van der Waals surface area contributed by atoms with Crippen molar-refractivity contribution in [1.82, 2.24) is 5.32 Å². The minimum absolute atomic E-state index is 0.0438. The Balaban J connectivity index is 2.50. The van der Waals surface area contributed by atoms with E-state index in [9.17, 15) is 10.0 Å². The first-order chi connectivity index (χ1) is 6.74. The first kappa shape index (κ1) is 10.5. The molecule has 0 radical (unpaired) electrons. The number of hydroxylamine groups is 1. The fourth-order valence-corrected chi connectivity index (χ4v) is 1.08. The minimum atomic E-state index is -0.196. The summed E-state index contributed by atoms with van der Waals surface area (Å²) >= 11 is 0. The van der Waals surface area contributed by atoms with Crippen LogP contribution < -0.4 is 10.4 Å². The SMILES string of the molecule is CCNC(=O)CN(O)c1ccccc1. The molecule has 2 N–H and O–H groups in total. The molecule has 4 heteroatoms. The van der Waals surface area contributed by atoms with Crippen molar-refractivity contribution in [2.45, 2.75) is 6.92 Å². The van der Waals surface area contributed by atoms with E-state index < -0.39 is 0 Å². The van der Waals surface area contributed by atoms with Gasteiger partial charge >= 0.3 is 0 Å². The van der Waals surface area contributed by atoms with Gasteiger partial charge in [0.2, 0.25) is 5.91 Å². The zero-order valence-corrected chi connectivity index (χ0v) is 8.10. The molecule has 1 rings (SSSR count). The molecule has 0 saturated carbocycles. The molecule has 0 saturated heterocycles. The van der Waals surface area contributed by atoms with Crippen molar-refractivity contribution in [3.05, 3.63) is 30.3 Å². The van der Waals surface area contributed by atoms with Crippen LogP contribution in [0.5, 0.6) is 0 Å². The summed E-state index contributed by atoms with van der Waals surface area (Å²) in [6, 6.07) is 8.93. The van der Waals surface area contributed by atoms with Gasteiger partial charge in [0, 0.05) is 6.54 Å². The first-order valence-corrected chi connectivity index (χ1v) is 4.52. The van der Waals surface area contributed by atoms with Gasteiger partial charge in [-0.25, -0.2) is 5.06 Å². The van der Waals surface area contributed by atoms with Gasteiger partial charge in [0.25, 0.3) is 0 Å². The summed E-state index contributed by atoms with van der Waals surface area (Å²) in [5, 5.41) is 13.0. The normalized spacial score (nSPS) is 9.57. The molecule has 0 atom stereocenters. The fraction of sp³-hybridized carbons (Fsp3) is 0.300. The van der Waals surface area contributed by atoms with Crippen LogP contribution in [0.15, 0.2) is 30.3 Å². The van der Waals surface area contributed by atoms with Gasteiger partial charge in [-0.15, -0.1) is 0 Å². The van der Waals surface area contributed by atoms with E-state index in [1.807, 2.05) is 13.0 Å². The second-order valence-corrected chi connectivity index (χ2v) is 2.85. The summed E-state index contributed by atoms with van der Waals surface area (Å²) < 4.78 is 0. The smallest absolute Gasteiger partial charge is 0.242 e. The number of carbonyl (C=O) groups excluding carboxylic acids is 1. The molecule has 0 aliphatic carbocycles. The standard InChI is InChI=1S/C10H14N2O2/c1-2-11-10(13)8-12(14)9-6-4-3-5-7-9/h3-7,14H,2,8H2,1H3,(H,11,13). The molecule has 0 spiro atoms. The maximum Gasteiger partial charge on any atom is 0.242 e. The van der Waals surface area contributed by atoms with E-state index in [-0.39, 0.29) is 12.5 Å². The Hall–Kier alpha value is -1.55. The van der Waals surface area contributed by atoms with Crippen molar-refractivity contribution in [2.75, 3.05) is 18.2 Å². The zero-order chi connectivity index (χ0) is 10.4. The summed E-state index contributed by atoms with van der Waals surface area (Å²) in [6.45, 7) is 2.36. The predicted octanol–water partition coefficient (Wildman–Crippen LogP) is 1.02. The lowest BCUT2D eigenvalue weighted by molar-refractivity contribution is -0.120. The molecular formula is C10H14N2O2.